The van der Waals surface area contributed by atoms with Gasteiger partial charge in [-0.2, -0.15) is 0 Å². The van der Waals surface area contributed by atoms with E-state index in [1.807, 2.05) is 12.4 Å². The van der Waals surface area contributed by atoms with Crippen LogP contribution in [0.25, 0.3) is 11.0 Å². The molecule has 5 rings (SSSR count). The molecule has 2 nitrogen and oxygen atoms in total. The van der Waals surface area contributed by atoms with Crippen molar-refractivity contribution in [1.29, 1.82) is 0 Å². The lowest BCUT2D eigenvalue weighted by Gasteiger charge is -2.35. The van der Waals surface area contributed by atoms with Crippen LogP contribution >= 0.6 is 31.9 Å². The Hall–Kier alpha value is -2.47. The summed E-state index contributed by atoms with van der Waals surface area (Å²) in [6.45, 7) is 0. The molecule has 0 radical (unpaired) electrons. The maximum atomic E-state index is 4.78. The monoisotopic (exact) mass is 532 g/mol. The number of benzene rings is 4. The molecule has 146 valence electrons. The Kier molecular flexibility index (Phi) is 5.19. The van der Waals surface area contributed by atoms with Crippen molar-refractivity contribution in [1.82, 2.24) is 9.22 Å². The van der Waals surface area contributed by atoms with Gasteiger partial charge in [0, 0.05) is 8.95 Å². The summed E-state index contributed by atoms with van der Waals surface area (Å²) in [5.74, 6) is 0. The summed E-state index contributed by atoms with van der Waals surface area (Å²) >= 11 is 7.60. The first-order valence-electron chi connectivity index (χ1n) is 9.70. The van der Waals surface area contributed by atoms with E-state index in [0.29, 0.717) is 0 Å². The first-order valence-corrected chi connectivity index (χ1v) is 13.2. The molecule has 0 amide bonds. The molecule has 5 heteroatoms. The van der Waals surface area contributed by atoms with E-state index in [1.165, 1.54) is 15.6 Å². The molecule has 0 spiro atoms. The van der Waals surface area contributed by atoms with Crippen molar-refractivity contribution in [3.8, 4) is 0 Å². The largest absolute Gasteiger partial charge is 0.345 e. The first-order chi connectivity index (χ1) is 14.7. The Labute approximate surface area is 193 Å². The number of hydrogen-bond acceptors (Lipinski definition) is 1. The minimum Gasteiger partial charge on any atom is -0.345 e. The van der Waals surface area contributed by atoms with Crippen molar-refractivity contribution in [2.45, 2.75) is 0 Å². The van der Waals surface area contributed by atoms with Gasteiger partial charge in [0.15, 0.2) is 0 Å². The van der Waals surface area contributed by atoms with Crippen molar-refractivity contribution in [2.24, 2.45) is 0 Å². The summed E-state index contributed by atoms with van der Waals surface area (Å²) in [5, 5.41) is 3.88. The third-order valence-electron chi connectivity index (χ3n) is 5.51. The molecule has 1 heterocycles. The molecule has 0 aliphatic heterocycles. The molecule has 0 saturated carbocycles. The van der Waals surface area contributed by atoms with Crippen LogP contribution in [0.4, 0.5) is 0 Å². The van der Waals surface area contributed by atoms with E-state index in [1.54, 1.807) is 0 Å². The van der Waals surface area contributed by atoms with Crippen molar-refractivity contribution < 1.29 is 0 Å². The summed E-state index contributed by atoms with van der Waals surface area (Å²) in [6, 6.07) is 36.5. The fourth-order valence-corrected chi connectivity index (χ4v) is 10.7. The van der Waals surface area contributed by atoms with Crippen LogP contribution in [0.2, 0.25) is 0 Å². The van der Waals surface area contributed by atoms with E-state index >= 15 is 0 Å². The van der Waals surface area contributed by atoms with Gasteiger partial charge in [0.05, 0.1) is 17.4 Å². The molecule has 0 aliphatic rings. The second-order valence-electron chi connectivity index (χ2n) is 7.17. The Bertz CT molecular complexity index is 1330. The molecular weight excluding hydrogens is 516 g/mol. The van der Waals surface area contributed by atoms with E-state index < -0.39 is 8.24 Å². The van der Waals surface area contributed by atoms with E-state index in [-0.39, 0.29) is 0 Å². The molecule has 0 aliphatic carbocycles. The standard InChI is InChI=1S/C25H18Br2N2Si/c26-19-9-8-12-21(17-19)30(20-10-2-1-3-11-20,25-16-7-4-13-22(25)27)29-18-28-23-14-5-6-15-24(23)29/h1-18H. The number of para-hydroxylation sites is 2. The number of imidazole rings is 1. The van der Waals surface area contributed by atoms with Crippen molar-refractivity contribution in [2.75, 3.05) is 0 Å². The van der Waals surface area contributed by atoms with E-state index in [2.05, 4.69) is 133 Å². The van der Waals surface area contributed by atoms with Crippen LogP contribution in [-0.2, 0) is 0 Å². The summed E-state index contributed by atoms with van der Waals surface area (Å²) in [7, 11) is -2.71. The van der Waals surface area contributed by atoms with E-state index in [9.17, 15) is 0 Å². The Balaban J connectivity index is 2.00. The van der Waals surface area contributed by atoms with E-state index in [0.717, 1.165) is 20.0 Å². The van der Waals surface area contributed by atoms with Crippen LogP contribution in [0.15, 0.2) is 118 Å². The molecule has 5 aromatic rings. The third kappa shape index (κ3) is 3.09. The molecular formula is C25H18Br2N2Si. The molecule has 4 aromatic carbocycles. The van der Waals surface area contributed by atoms with Gasteiger partial charge in [0.1, 0.15) is 0 Å². The van der Waals surface area contributed by atoms with Gasteiger partial charge in [-0.15, -0.1) is 0 Å². The summed E-state index contributed by atoms with van der Waals surface area (Å²) < 4.78 is 4.61. The first kappa shape index (κ1) is 19.5. The normalized spacial score (nSPS) is 13.3. The molecule has 30 heavy (non-hydrogen) atoms. The highest BCUT2D eigenvalue weighted by atomic mass is 79.9. The molecule has 1 atom stereocenters. The maximum absolute atomic E-state index is 4.78. The van der Waals surface area contributed by atoms with Crippen LogP contribution in [0, 0.1) is 0 Å². The Morgan fingerprint density at radius 3 is 2.17 bits per heavy atom. The van der Waals surface area contributed by atoms with Crippen LogP contribution in [0.1, 0.15) is 0 Å². The van der Waals surface area contributed by atoms with Crippen LogP contribution in [0.5, 0.6) is 0 Å². The predicted molar refractivity (Wildman–Crippen MR) is 135 cm³/mol. The predicted octanol–water partition coefficient (Wildman–Crippen LogP) is 5.08. The summed E-state index contributed by atoms with van der Waals surface area (Å²) in [6.07, 6.45) is 2.02. The van der Waals surface area contributed by atoms with Crippen LogP contribution in [-0.4, -0.2) is 17.5 Å². The number of halogens is 2. The highest BCUT2D eigenvalue weighted by molar-refractivity contribution is 9.11. The van der Waals surface area contributed by atoms with E-state index in [4.69, 9.17) is 4.98 Å². The minimum absolute atomic E-state index is 1.01. The van der Waals surface area contributed by atoms with Gasteiger partial charge in [-0.25, -0.2) is 4.98 Å². The van der Waals surface area contributed by atoms with Gasteiger partial charge < -0.3 is 4.23 Å². The number of hydrogen-bond donors (Lipinski definition) is 0. The Morgan fingerprint density at radius 2 is 1.37 bits per heavy atom. The lowest BCUT2D eigenvalue weighted by molar-refractivity contribution is 1.19. The quantitative estimate of drug-likeness (QED) is 0.233. The lowest BCUT2D eigenvalue weighted by atomic mass is 10.3. The zero-order valence-electron chi connectivity index (χ0n) is 16.0. The molecule has 1 unspecified atom stereocenters. The van der Waals surface area contributed by atoms with Gasteiger partial charge in [-0.3, -0.25) is 0 Å². The maximum Gasteiger partial charge on any atom is 0.259 e. The molecule has 0 fully saturated rings. The zero-order chi connectivity index (χ0) is 20.6. The fraction of sp³-hybridized carbons (Fsp3) is 0. The average Bonchev–Trinajstić information content (AvgIpc) is 3.21. The summed E-state index contributed by atoms with van der Waals surface area (Å²) in [5.41, 5.74) is 2.15. The average molecular weight is 534 g/mol. The van der Waals surface area contributed by atoms with Crippen molar-refractivity contribution in [3.05, 3.63) is 118 Å². The highest BCUT2D eigenvalue weighted by Crippen LogP contribution is 2.22. The van der Waals surface area contributed by atoms with Gasteiger partial charge in [0.25, 0.3) is 8.24 Å². The van der Waals surface area contributed by atoms with Crippen LogP contribution in [0.3, 0.4) is 0 Å². The second kappa shape index (κ2) is 7.98. The topological polar surface area (TPSA) is 17.8 Å². The molecule has 0 bridgehead atoms. The number of nitrogens with zero attached hydrogens (tertiary/aromatic N) is 2. The second-order valence-corrected chi connectivity index (χ2v) is 12.5. The summed E-state index contributed by atoms with van der Waals surface area (Å²) in [4.78, 5) is 4.78. The van der Waals surface area contributed by atoms with Gasteiger partial charge >= 0.3 is 0 Å². The highest BCUT2D eigenvalue weighted by Gasteiger charge is 2.44. The smallest absolute Gasteiger partial charge is 0.259 e. The van der Waals surface area contributed by atoms with Gasteiger partial charge in [0.2, 0.25) is 0 Å². The van der Waals surface area contributed by atoms with Crippen molar-refractivity contribution >= 4 is 66.7 Å². The minimum atomic E-state index is -2.71. The zero-order valence-corrected chi connectivity index (χ0v) is 20.2. The van der Waals surface area contributed by atoms with Gasteiger partial charge in [-0.05, 0) is 45.9 Å². The molecule has 1 aromatic heterocycles. The number of rotatable bonds is 4. The lowest BCUT2D eigenvalue weighted by Crippen LogP contribution is -2.72. The number of aromatic nitrogens is 2. The van der Waals surface area contributed by atoms with Crippen LogP contribution < -0.4 is 15.6 Å². The number of fused-ring (bicyclic) bond motifs is 1. The third-order valence-corrected chi connectivity index (χ3v) is 11.7. The molecule has 0 saturated heterocycles. The Morgan fingerprint density at radius 1 is 0.667 bits per heavy atom. The SMILES string of the molecule is Brc1cccc([Si](c2ccccc2)(c2ccccc2Br)n2cnc3ccccc32)c1. The van der Waals surface area contributed by atoms with Crippen molar-refractivity contribution in [3.63, 3.8) is 0 Å². The molecule has 0 N–H and O–H groups in total. The van der Waals surface area contributed by atoms with Gasteiger partial charge in [-0.1, -0.05) is 105 Å². The fourth-order valence-electron chi connectivity index (χ4n) is 4.26.